The summed E-state index contributed by atoms with van der Waals surface area (Å²) in [6, 6.07) is 8.47. The van der Waals surface area contributed by atoms with Crippen LogP contribution < -0.4 is 0 Å². The first-order valence-corrected chi connectivity index (χ1v) is 9.42. The van der Waals surface area contributed by atoms with E-state index in [0.717, 1.165) is 30.0 Å². The summed E-state index contributed by atoms with van der Waals surface area (Å²) in [4.78, 5) is 27.1. The topological polar surface area (TPSA) is 130 Å². The number of aromatic amines is 1. The van der Waals surface area contributed by atoms with Crippen molar-refractivity contribution in [1.29, 1.82) is 0 Å². The Bertz CT molecular complexity index is 964. The first-order valence-electron chi connectivity index (χ1n) is 9.42. The number of carboxylic acid groups (broad SMARTS) is 1. The lowest BCUT2D eigenvalue weighted by Crippen LogP contribution is -2.27. The van der Waals surface area contributed by atoms with Gasteiger partial charge in [-0.25, -0.2) is 4.98 Å². The highest BCUT2D eigenvalue weighted by Gasteiger charge is 2.39. The van der Waals surface area contributed by atoms with E-state index in [9.17, 15) is 4.79 Å². The monoisotopic (exact) mass is 395 g/mol. The van der Waals surface area contributed by atoms with Crippen molar-refractivity contribution < 1.29 is 14.7 Å². The SMILES string of the molecule is O=C1CC(Cn2ccnc2-c2ccc(-c3nn[nH]n3)cc2)CN1C1CC1.O=CO. The molecule has 2 aliphatic rings. The number of nitrogens with one attached hydrogen (secondary N) is 1. The highest BCUT2D eigenvalue weighted by Crippen LogP contribution is 2.33. The van der Waals surface area contributed by atoms with Gasteiger partial charge in [0.05, 0.1) is 0 Å². The number of imidazole rings is 1. The number of H-pyrrole nitrogens is 1. The maximum absolute atomic E-state index is 12.2. The Hall–Kier alpha value is -3.56. The average molecular weight is 395 g/mol. The first-order chi connectivity index (χ1) is 14.2. The minimum atomic E-state index is -0.250. The smallest absolute Gasteiger partial charge is 0.290 e. The Labute approximate surface area is 166 Å². The Morgan fingerprint density at radius 3 is 2.59 bits per heavy atom. The second kappa shape index (κ2) is 8.21. The molecular formula is C19H21N7O3. The van der Waals surface area contributed by atoms with Gasteiger partial charge in [0, 0.05) is 55.0 Å². The molecule has 10 heteroatoms. The van der Waals surface area contributed by atoms with E-state index in [4.69, 9.17) is 9.90 Å². The summed E-state index contributed by atoms with van der Waals surface area (Å²) in [5, 5.41) is 20.9. The number of carbonyl (C=O) groups excluding carboxylic acids is 1. The summed E-state index contributed by atoms with van der Waals surface area (Å²) in [5.41, 5.74) is 1.94. The van der Waals surface area contributed by atoms with Gasteiger partial charge in [-0.3, -0.25) is 9.59 Å². The highest BCUT2D eigenvalue weighted by molar-refractivity contribution is 5.79. The molecule has 2 fully saturated rings. The van der Waals surface area contributed by atoms with Crippen LogP contribution >= 0.6 is 0 Å². The maximum atomic E-state index is 12.2. The zero-order valence-corrected chi connectivity index (χ0v) is 15.7. The van der Waals surface area contributed by atoms with Crippen molar-refractivity contribution in [3.63, 3.8) is 0 Å². The molecule has 0 spiro atoms. The zero-order chi connectivity index (χ0) is 20.2. The molecule has 10 nitrogen and oxygen atoms in total. The van der Waals surface area contributed by atoms with Crippen molar-refractivity contribution in [3.05, 3.63) is 36.7 Å². The normalized spacial score (nSPS) is 18.4. The van der Waals surface area contributed by atoms with E-state index in [1.807, 2.05) is 36.7 Å². The van der Waals surface area contributed by atoms with Gasteiger partial charge in [0.2, 0.25) is 11.7 Å². The molecule has 1 saturated heterocycles. The van der Waals surface area contributed by atoms with Gasteiger partial charge in [-0.2, -0.15) is 5.21 Å². The Balaban J connectivity index is 0.000000645. The second-order valence-electron chi connectivity index (χ2n) is 7.17. The molecule has 1 aliphatic heterocycles. The Kier molecular flexibility index (Phi) is 5.32. The lowest BCUT2D eigenvalue weighted by Gasteiger charge is -2.16. The number of nitrogens with zero attached hydrogens (tertiary/aromatic N) is 6. The second-order valence-corrected chi connectivity index (χ2v) is 7.17. The average Bonchev–Trinajstić information content (AvgIpc) is 3.10. The van der Waals surface area contributed by atoms with Crippen LogP contribution in [0.4, 0.5) is 0 Å². The lowest BCUT2D eigenvalue weighted by molar-refractivity contribution is -0.128. The van der Waals surface area contributed by atoms with Crippen LogP contribution in [0.5, 0.6) is 0 Å². The van der Waals surface area contributed by atoms with Crippen LogP contribution in [0.3, 0.4) is 0 Å². The summed E-state index contributed by atoms with van der Waals surface area (Å²) in [5.74, 6) is 2.16. The van der Waals surface area contributed by atoms with Crippen molar-refractivity contribution in [2.45, 2.75) is 31.8 Å². The number of hydrogen-bond donors (Lipinski definition) is 2. The van der Waals surface area contributed by atoms with Gasteiger partial charge in [-0.15, -0.1) is 10.2 Å². The fourth-order valence-electron chi connectivity index (χ4n) is 3.72. The van der Waals surface area contributed by atoms with Crippen LogP contribution in [0.1, 0.15) is 19.3 Å². The molecule has 0 radical (unpaired) electrons. The van der Waals surface area contributed by atoms with E-state index in [-0.39, 0.29) is 6.47 Å². The minimum absolute atomic E-state index is 0.250. The first kappa shape index (κ1) is 18.8. The molecular weight excluding hydrogens is 374 g/mol. The van der Waals surface area contributed by atoms with Crippen LogP contribution in [0.25, 0.3) is 22.8 Å². The summed E-state index contributed by atoms with van der Waals surface area (Å²) in [7, 11) is 0. The van der Waals surface area contributed by atoms with E-state index in [1.54, 1.807) is 0 Å². The fraction of sp³-hybridized carbons (Fsp3) is 0.368. The molecule has 150 valence electrons. The van der Waals surface area contributed by atoms with Crippen molar-refractivity contribution in [2.75, 3.05) is 6.54 Å². The molecule has 3 aromatic rings. The van der Waals surface area contributed by atoms with Gasteiger partial charge >= 0.3 is 0 Å². The summed E-state index contributed by atoms with van der Waals surface area (Å²) >= 11 is 0. The minimum Gasteiger partial charge on any atom is -0.483 e. The predicted octanol–water partition coefficient (Wildman–Crippen LogP) is 1.44. The fourth-order valence-corrected chi connectivity index (χ4v) is 3.72. The predicted molar refractivity (Wildman–Crippen MR) is 102 cm³/mol. The quantitative estimate of drug-likeness (QED) is 0.625. The standard InChI is InChI=1S/C18H19N7O.CH2O2/c26-16-9-12(11-25(16)15-5-6-15)10-24-8-7-19-18(24)14-3-1-13(2-4-14)17-20-22-23-21-17;2-1-3/h1-4,7-8,12,15H,5-6,9-11H2,(H,20,21,22,23);1H,(H,2,3). The van der Waals surface area contributed by atoms with Crippen LogP contribution in [0.2, 0.25) is 0 Å². The van der Waals surface area contributed by atoms with Gasteiger partial charge in [0.15, 0.2) is 0 Å². The van der Waals surface area contributed by atoms with E-state index < -0.39 is 0 Å². The number of carbonyl (C=O) groups is 2. The number of hydrogen-bond acceptors (Lipinski definition) is 6. The molecule has 1 saturated carbocycles. The molecule has 2 aromatic heterocycles. The molecule has 1 aromatic carbocycles. The molecule has 1 amide bonds. The van der Waals surface area contributed by atoms with Gasteiger partial charge < -0.3 is 14.6 Å². The Morgan fingerprint density at radius 2 is 1.93 bits per heavy atom. The summed E-state index contributed by atoms with van der Waals surface area (Å²) in [6.07, 6.45) is 6.79. The van der Waals surface area contributed by atoms with Crippen molar-refractivity contribution in [1.82, 2.24) is 35.1 Å². The van der Waals surface area contributed by atoms with E-state index >= 15 is 0 Å². The lowest BCUT2D eigenvalue weighted by atomic mass is 10.1. The van der Waals surface area contributed by atoms with E-state index in [0.29, 0.717) is 30.1 Å². The van der Waals surface area contributed by atoms with Gasteiger partial charge in [0.1, 0.15) is 5.82 Å². The molecule has 29 heavy (non-hydrogen) atoms. The molecule has 3 heterocycles. The summed E-state index contributed by atoms with van der Waals surface area (Å²) < 4.78 is 2.15. The summed E-state index contributed by atoms with van der Waals surface area (Å²) in [6.45, 7) is 1.44. The third-order valence-corrected chi connectivity index (χ3v) is 5.14. The van der Waals surface area contributed by atoms with Crippen LogP contribution in [-0.2, 0) is 16.1 Å². The molecule has 2 N–H and O–H groups in total. The molecule has 5 rings (SSSR count). The number of likely N-dealkylation sites (tertiary alicyclic amines) is 1. The van der Waals surface area contributed by atoms with E-state index in [1.165, 1.54) is 12.8 Å². The third-order valence-electron chi connectivity index (χ3n) is 5.14. The molecule has 0 bridgehead atoms. The number of benzene rings is 1. The van der Waals surface area contributed by atoms with Crippen LogP contribution in [0.15, 0.2) is 36.7 Å². The maximum Gasteiger partial charge on any atom is 0.290 e. The third kappa shape index (κ3) is 4.15. The molecule has 1 aliphatic carbocycles. The van der Waals surface area contributed by atoms with Crippen LogP contribution in [0, 0.1) is 5.92 Å². The van der Waals surface area contributed by atoms with Gasteiger partial charge in [0.25, 0.3) is 6.47 Å². The zero-order valence-electron chi connectivity index (χ0n) is 15.7. The number of aromatic nitrogens is 6. The number of tetrazole rings is 1. The largest absolute Gasteiger partial charge is 0.483 e. The van der Waals surface area contributed by atoms with Crippen molar-refractivity contribution >= 4 is 12.4 Å². The number of rotatable bonds is 5. The van der Waals surface area contributed by atoms with E-state index in [2.05, 4.69) is 35.1 Å². The number of amides is 1. The molecule has 1 unspecified atom stereocenters. The van der Waals surface area contributed by atoms with Crippen molar-refractivity contribution in [3.8, 4) is 22.8 Å². The molecule has 1 atom stereocenters. The van der Waals surface area contributed by atoms with Crippen molar-refractivity contribution in [2.24, 2.45) is 5.92 Å². The van der Waals surface area contributed by atoms with Crippen LogP contribution in [-0.4, -0.2) is 65.1 Å². The highest BCUT2D eigenvalue weighted by atomic mass is 16.3. The van der Waals surface area contributed by atoms with Gasteiger partial charge in [-0.05, 0) is 18.1 Å². The Morgan fingerprint density at radius 1 is 1.21 bits per heavy atom. The van der Waals surface area contributed by atoms with Gasteiger partial charge in [-0.1, -0.05) is 24.3 Å².